The van der Waals surface area contributed by atoms with Crippen LogP contribution in [0.2, 0.25) is 0 Å². The molecule has 0 atom stereocenters. The Morgan fingerprint density at radius 2 is 1.88 bits per heavy atom. The Labute approximate surface area is 191 Å². The summed E-state index contributed by atoms with van der Waals surface area (Å²) in [5.74, 6) is -0.159. The number of carbonyl (C=O) groups excluding carboxylic acids is 2. The summed E-state index contributed by atoms with van der Waals surface area (Å²) < 4.78 is 0. The van der Waals surface area contributed by atoms with Gasteiger partial charge in [0.2, 0.25) is 0 Å². The molecule has 0 spiro atoms. The lowest BCUT2D eigenvalue weighted by molar-refractivity contribution is 0.0960. The first-order valence-electron chi connectivity index (χ1n) is 11.1. The number of urea groups is 1. The van der Waals surface area contributed by atoms with Crippen LogP contribution < -0.4 is 5.32 Å². The van der Waals surface area contributed by atoms with E-state index in [0.717, 1.165) is 51.3 Å². The molecule has 1 aromatic heterocycles. The Hall–Kier alpha value is -3.93. The number of imide groups is 1. The number of hydrogen-bond acceptors (Lipinski definition) is 5. The normalized spacial score (nSPS) is 15.3. The van der Waals surface area contributed by atoms with Gasteiger partial charge in [0, 0.05) is 36.5 Å². The zero-order valence-corrected chi connectivity index (χ0v) is 18.2. The van der Waals surface area contributed by atoms with Crippen molar-refractivity contribution in [1.82, 2.24) is 20.1 Å². The molecule has 9 nitrogen and oxygen atoms in total. The van der Waals surface area contributed by atoms with Crippen LogP contribution >= 0.6 is 0 Å². The highest BCUT2D eigenvalue weighted by atomic mass is 16.4. The van der Waals surface area contributed by atoms with Gasteiger partial charge in [-0.05, 0) is 36.5 Å². The molecule has 0 unspecified atom stereocenters. The van der Waals surface area contributed by atoms with E-state index < -0.39 is 12.1 Å². The number of amides is 4. The average Bonchev–Trinajstić information content (AvgIpc) is 3.20. The second-order valence-corrected chi connectivity index (χ2v) is 8.34. The number of fused-ring (bicyclic) bond motifs is 1. The second-order valence-electron chi connectivity index (χ2n) is 8.34. The Balaban J connectivity index is 1.40. The monoisotopic (exact) mass is 447 g/mol. The van der Waals surface area contributed by atoms with Crippen LogP contribution in [0.15, 0.2) is 36.5 Å². The summed E-state index contributed by atoms with van der Waals surface area (Å²) in [7, 11) is 0. The van der Waals surface area contributed by atoms with Crippen molar-refractivity contribution in [2.45, 2.75) is 51.1 Å². The smallest absolute Gasteiger partial charge is 0.415 e. The number of rotatable bonds is 5. The van der Waals surface area contributed by atoms with Crippen LogP contribution in [-0.2, 0) is 13.0 Å². The fourth-order valence-electron chi connectivity index (χ4n) is 4.42. The molecule has 170 valence electrons. The van der Waals surface area contributed by atoms with Crippen molar-refractivity contribution in [1.29, 1.82) is 5.26 Å². The van der Waals surface area contributed by atoms with E-state index in [1.807, 2.05) is 36.5 Å². The molecule has 1 saturated carbocycles. The van der Waals surface area contributed by atoms with Crippen molar-refractivity contribution in [2.75, 3.05) is 6.54 Å². The third-order valence-corrected chi connectivity index (χ3v) is 6.24. The first kappa shape index (κ1) is 22.3. The van der Waals surface area contributed by atoms with Gasteiger partial charge in [-0.2, -0.15) is 5.26 Å². The number of pyridine rings is 1. The molecule has 1 aliphatic carbocycles. The summed E-state index contributed by atoms with van der Waals surface area (Å²) in [6, 6.07) is 8.45. The van der Waals surface area contributed by atoms with Crippen LogP contribution in [0.5, 0.6) is 0 Å². The maximum atomic E-state index is 12.8. The Bertz CT molecular complexity index is 1100. The molecule has 2 aromatic rings. The van der Waals surface area contributed by atoms with Crippen molar-refractivity contribution in [3.8, 4) is 17.3 Å². The van der Waals surface area contributed by atoms with Gasteiger partial charge < -0.3 is 10.4 Å². The molecule has 2 aliphatic rings. The van der Waals surface area contributed by atoms with Gasteiger partial charge in [-0.25, -0.2) is 19.4 Å². The van der Waals surface area contributed by atoms with E-state index in [4.69, 9.17) is 0 Å². The van der Waals surface area contributed by atoms with Crippen LogP contribution in [0.3, 0.4) is 0 Å². The number of aromatic nitrogens is 1. The topological polar surface area (TPSA) is 127 Å². The van der Waals surface area contributed by atoms with Gasteiger partial charge in [-0.1, -0.05) is 43.5 Å². The lowest BCUT2D eigenvalue weighted by atomic mass is 9.94. The first-order chi connectivity index (χ1) is 16.0. The van der Waals surface area contributed by atoms with Crippen molar-refractivity contribution < 1.29 is 19.5 Å². The zero-order valence-electron chi connectivity index (χ0n) is 18.2. The molecule has 1 aromatic carbocycles. The van der Waals surface area contributed by atoms with Crippen LogP contribution in [0, 0.1) is 11.5 Å². The van der Waals surface area contributed by atoms with Gasteiger partial charge in [0.15, 0.2) is 6.19 Å². The minimum atomic E-state index is -1.31. The maximum absolute atomic E-state index is 12.8. The molecule has 0 radical (unpaired) electrons. The van der Waals surface area contributed by atoms with Gasteiger partial charge in [0.05, 0.1) is 0 Å². The summed E-state index contributed by atoms with van der Waals surface area (Å²) in [5, 5.41) is 21.8. The molecular weight excluding hydrogens is 422 g/mol. The maximum Gasteiger partial charge on any atom is 0.415 e. The number of carboxylic acid groups (broad SMARTS) is 1. The molecule has 4 rings (SSSR count). The van der Waals surface area contributed by atoms with Crippen molar-refractivity contribution in [3.63, 3.8) is 0 Å². The van der Waals surface area contributed by atoms with Crippen LogP contribution in [0.4, 0.5) is 9.59 Å². The summed E-state index contributed by atoms with van der Waals surface area (Å²) in [6.45, 7) is 0.568. The van der Waals surface area contributed by atoms with Gasteiger partial charge in [-0.3, -0.25) is 9.78 Å². The zero-order chi connectivity index (χ0) is 23.4. The average molecular weight is 447 g/mol. The van der Waals surface area contributed by atoms with Crippen molar-refractivity contribution in [2.24, 2.45) is 0 Å². The number of nitriles is 1. The summed E-state index contributed by atoms with van der Waals surface area (Å²) >= 11 is 0. The first-order valence-corrected chi connectivity index (χ1v) is 11.1. The Kier molecular flexibility index (Phi) is 6.54. The molecule has 2 N–H and O–H groups in total. The van der Waals surface area contributed by atoms with E-state index in [1.54, 1.807) is 6.20 Å². The number of nitrogens with zero attached hydrogens (tertiary/aromatic N) is 4. The highest BCUT2D eigenvalue weighted by molar-refractivity contribution is 5.96. The molecule has 0 saturated heterocycles. The third kappa shape index (κ3) is 4.80. The Morgan fingerprint density at radius 3 is 2.55 bits per heavy atom. The lowest BCUT2D eigenvalue weighted by Gasteiger charge is -2.32. The van der Waals surface area contributed by atoms with Gasteiger partial charge in [0.1, 0.15) is 5.69 Å². The largest absolute Gasteiger partial charge is 0.465 e. The van der Waals surface area contributed by atoms with E-state index in [1.165, 1.54) is 0 Å². The number of nitrogens with one attached hydrogen (secondary N) is 1. The van der Waals surface area contributed by atoms with Crippen molar-refractivity contribution in [3.05, 3.63) is 53.3 Å². The van der Waals surface area contributed by atoms with Crippen LogP contribution in [0.25, 0.3) is 11.1 Å². The van der Waals surface area contributed by atoms with Crippen LogP contribution in [0.1, 0.15) is 53.7 Å². The van der Waals surface area contributed by atoms with Crippen LogP contribution in [-0.4, -0.2) is 50.5 Å². The molecule has 1 fully saturated rings. The molecule has 9 heteroatoms. The predicted octanol–water partition coefficient (Wildman–Crippen LogP) is 3.75. The molecule has 2 heterocycles. The van der Waals surface area contributed by atoms with E-state index >= 15 is 0 Å². The second kappa shape index (κ2) is 9.69. The quantitative estimate of drug-likeness (QED) is 0.531. The highest BCUT2D eigenvalue weighted by Crippen LogP contribution is 2.25. The number of benzene rings is 1. The summed E-state index contributed by atoms with van der Waals surface area (Å²) in [6.07, 6.45) is 6.70. The molecule has 0 bridgehead atoms. The number of hydrogen-bond donors (Lipinski definition) is 2. The lowest BCUT2D eigenvalue weighted by Crippen LogP contribution is -2.50. The predicted molar refractivity (Wildman–Crippen MR) is 119 cm³/mol. The molecule has 4 amide bonds. The van der Waals surface area contributed by atoms with Gasteiger partial charge in [-0.15, -0.1) is 0 Å². The fourth-order valence-corrected chi connectivity index (χ4v) is 4.42. The summed E-state index contributed by atoms with van der Waals surface area (Å²) in [5.41, 5.74) is 4.08. The molecular formula is C24H25N5O4. The number of carbonyl (C=O) groups is 3. The standard InChI is InChI=1S/C24H25N5O4/c25-15-28(23(31)29(24(32)33)20-4-2-1-3-5-20)11-10-16-6-8-17(9-7-16)18-12-19-14-27-22(30)21(19)26-13-18/h6-9,12-13,20H,1-5,10-11,14H2,(H,27,30)(H,32,33). The minimum absolute atomic E-state index is 0.0966. The highest BCUT2D eigenvalue weighted by Gasteiger charge is 2.34. The van der Waals surface area contributed by atoms with E-state index in [2.05, 4.69) is 10.3 Å². The van der Waals surface area contributed by atoms with Crippen molar-refractivity contribution >= 4 is 18.0 Å². The molecule has 33 heavy (non-hydrogen) atoms. The van der Waals surface area contributed by atoms with E-state index in [0.29, 0.717) is 31.5 Å². The molecule has 1 aliphatic heterocycles. The van der Waals surface area contributed by atoms with Gasteiger partial charge in [0.25, 0.3) is 5.91 Å². The fraction of sp³-hybridized carbons (Fsp3) is 0.375. The summed E-state index contributed by atoms with van der Waals surface area (Å²) in [4.78, 5) is 42.2. The minimum Gasteiger partial charge on any atom is -0.465 e. The Morgan fingerprint density at radius 1 is 1.15 bits per heavy atom. The van der Waals surface area contributed by atoms with E-state index in [9.17, 15) is 24.8 Å². The van der Waals surface area contributed by atoms with E-state index in [-0.39, 0.29) is 18.5 Å². The SMILES string of the molecule is N#CN(CCc1ccc(-c2cnc3c(c2)CNC3=O)cc1)C(=O)N(C(=O)O)C1CCCCC1. The van der Waals surface area contributed by atoms with Gasteiger partial charge >= 0.3 is 12.1 Å². The third-order valence-electron chi connectivity index (χ3n) is 6.24.